The smallest absolute Gasteiger partial charge is 0.457 e. The van der Waals surface area contributed by atoms with Gasteiger partial charge in [0, 0.05) is 13.0 Å². The van der Waals surface area contributed by atoms with Crippen molar-refractivity contribution in [3.05, 3.63) is 85.1 Å². The van der Waals surface area contributed by atoms with Crippen molar-refractivity contribution in [2.75, 3.05) is 54.1 Å². The van der Waals surface area contributed by atoms with Crippen LogP contribution in [0, 0.1) is 0 Å². The van der Waals surface area contributed by atoms with E-state index in [1.54, 1.807) is 0 Å². The first kappa shape index (κ1) is 62.7. The molecule has 0 fully saturated rings. The number of nitrogens with zero attached hydrogens (tertiary/aromatic N) is 1. The summed E-state index contributed by atoms with van der Waals surface area (Å²) in [6.07, 6.45) is 64.9. The number of phosphoric ester groups is 1. The molecule has 0 saturated carbocycles. The molecule has 8 nitrogen and oxygen atoms in total. The molecule has 0 bridgehead atoms. The monoisotopic (exact) mass is 931 g/mol. The quantitative estimate of drug-likeness (QED) is 0.0214. The molecule has 0 spiro atoms. The molecule has 0 heterocycles. The van der Waals surface area contributed by atoms with E-state index in [0.717, 1.165) is 83.5 Å². The molecule has 0 aliphatic heterocycles. The SMILES string of the molecule is CC/C=C\C/C=C\C/C=C\C/C=C\C/C=C\C/C=C\CCCCCCCOCC(COP(=O)(O)OCC[N+](C)(C)C)OC(=O)CCCCCCCCCCC/C=C\CCCCCCCC. The Morgan fingerprint density at radius 1 is 0.492 bits per heavy atom. The maximum atomic E-state index is 12.8. The molecule has 0 saturated heterocycles. The van der Waals surface area contributed by atoms with Gasteiger partial charge >= 0.3 is 13.8 Å². The van der Waals surface area contributed by atoms with E-state index in [1.165, 1.54) is 103 Å². The first-order chi connectivity index (χ1) is 31.6. The molecular weight excluding hydrogens is 830 g/mol. The lowest BCUT2D eigenvalue weighted by Gasteiger charge is -2.24. The van der Waals surface area contributed by atoms with Crippen molar-refractivity contribution in [2.24, 2.45) is 0 Å². The molecule has 2 atom stereocenters. The van der Waals surface area contributed by atoms with Crippen molar-refractivity contribution >= 4 is 13.8 Å². The normalized spacial score (nSPS) is 14.2. The second-order valence-corrected chi connectivity index (χ2v) is 20.0. The zero-order valence-electron chi connectivity index (χ0n) is 42.7. The van der Waals surface area contributed by atoms with Crippen molar-refractivity contribution in [3.8, 4) is 0 Å². The highest BCUT2D eigenvalue weighted by atomic mass is 31.2. The topological polar surface area (TPSA) is 91.3 Å². The van der Waals surface area contributed by atoms with Crippen LogP contribution < -0.4 is 0 Å². The molecule has 2 unspecified atom stereocenters. The number of hydrogen-bond donors (Lipinski definition) is 1. The number of likely N-dealkylation sites (N-methyl/N-ethyl adjacent to an activating group) is 1. The van der Waals surface area contributed by atoms with Crippen LogP contribution in [-0.4, -0.2) is 75.6 Å². The van der Waals surface area contributed by atoms with Gasteiger partial charge in [0.05, 0.1) is 34.4 Å². The molecule has 0 radical (unpaired) electrons. The summed E-state index contributed by atoms with van der Waals surface area (Å²) in [5, 5.41) is 0. The summed E-state index contributed by atoms with van der Waals surface area (Å²) in [7, 11) is 1.64. The number of quaternary nitrogens is 1. The van der Waals surface area contributed by atoms with E-state index < -0.39 is 13.9 Å². The van der Waals surface area contributed by atoms with Gasteiger partial charge < -0.3 is 18.9 Å². The molecule has 0 rings (SSSR count). The number of ether oxygens (including phenoxy) is 2. The van der Waals surface area contributed by atoms with E-state index in [9.17, 15) is 14.3 Å². The largest absolute Gasteiger partial charge is 0.472 e. The summed E-state index contributed by atoms with van der Waals surface area (Å²) < 4.78 is 35.2. The summed E-state index contributed by atoms with van der Waals surface area (Å²) in [5.74, 6) is -0.325. The highest BCUT2D eigenvalue weighted by molar-refractivity contribution is 7.47. The maximum absolute atomic E-state index is 12.8. The number of esters is 1. The molecule has 0 aromatic carbocycles. The van der Waals surface area contributed by atoms with Crippen molar-refractivity contribution in [1.29, 1.82) is 0 Å². The van der Waals surface area contributed by atoms with Gasteiger partial charge in [-0.25, -0.2) is 4.57 Å². The van der Waals surface area contributed by atoms with Gasteiger partial charge in [0.15, 0.2) is 0 Å². The highest BCUT2D eigenvalue weighted by Gasteiger charge is 2.26. The number of carbonyl (C=O) groups is 1. The van der Waals surface area contributed by atoms with Gasteiger partial charge in [-0.05, 0) is 89.9 Å². The fraction of sp³-hybridized carbons (Fsp3) is 0.732. The molecular formula is C56H101NO7P+. The van der Waals surface area contributed by atoms with Crippen LogP contribution in [0.5, 0.6) is 0 Å². The Morgan fingerprint density at radius 3 is 1.35 bits per heavy atom. The second-order valence-electron chi connectivity index (χ2n) is 18.5. The summed E-state index contributed by atoms with van der Waals surface area (Å²) in [5.41, 5.74) is 0. The fourth-order valence-corrected chi connectivity index (χ4v) is 7.65. The number of rotatable bonds is 48. The minimum absolute atomic E-state index is 0.0800. The van der Waals surface area contributed by atoms with Gasteiger partial charge in [-0.2, -0.15) is 0 Å². The summed E-state index contributed by atoms with van der Waals surface area (Å²) in [6.45, 7) is 5.45. The molecule has 65 heavy (non-hydrogen) atoms. The number of carbonyl (C=O) groups excluding carboxylic acids is 1. The van der Waals surface area contributed by atoms with Crippen LogP contribution in [0.1, 0.15) is 206 Å². The van der Waals surface area contributed by atoms with Crippen LogP contribution >= 0.6 is 7.82 Å². The lowest BCUT2D eigenvalue weighted by molar-refractivity contribution is -0.870. The van der Waals surface area contributed by atoms with E-state index in [-0.39, 0.29) is 25.8 Å². The van der Waals surface area contributed by atoms with Gasteiger partial charge in [0.1, 0.15) is 19.3 Å². The Morgan fingerprint density at radius 2 is 0.892 bits per heavy atom. The maximum Gasteiger partial charge on any atom is 0.472 e. The molecule has 9 heteroatoms. The first-order valence-electron chi connectivity index (χ1n) is 26.3. The number of unbranched alkanes of at least 4 members (excludes halogenated alkanes) is 20. The molecule has 0 aliphatic rings. The van der Waals surface area contributed by atoms with Crippen LogP contribution in [0.15, 0.2) is 85.1 Å². The lowest BCUT2D eigenvalue weighted by atomic mass is 10.1. The number of allylic oxidation sites excluding steroid dienone is 14. The molecule has 0 aromatic heterocycles. The summed E-state index contributed by atoms with van der Waals surface area (Å²) in [4.78, 5) is 23.0. The van der Waals surface area contributed by atoms with Crippen molar-refractivity contribution in [2.45, 2.75) is 213 Å². The highest BCUT2D eigenvalue weighted by Crippen LogP contribution is 2.43. The van der Waals surface area contributed by atoms with Crippen molar-refractivity contribution < 1.29 is 37.3 Å². The lowest BCUT2D eigenvalue weighted by Crippen LogP contribution is -2.37. The van der Waals surface area contributed by atoms with Crippen molar-refractivity contribution in [1.82, 2.24) is 0 Å². The van der Waals surface area contributed by atoms with E-state index in [0.29, 0.717) is 24.1 Å². The van der Waals surface area contributed by atoms with E-state index in [2.05, 4.69) is 98.9 Å². The van der Waals surface area contributed by atoms with E-state index in [1.807, 2.05) is 21.1 Å². The third-order valence-corrected chi connectivity index (χ3v) is 11.9. The Kier molecular flexibility index (Phi) is 46.4. The van der Waals surface area contributed by atoms with Crippen LogP contribution in [0.4, 0.5) is 0 Å². The molecule has 0 aliphatic carbocycles. The predicted molar refractivity (Wildman–Crippen MR) is 279 cm³/mol. The minimum atomic E-state index is -4.29. The number of hydrogen-bond acceptors (Lipinski definition) is 6. The van der Waals surface area contributed by atoms with Gasteiger partial charge in [-0.1, -0.05) is 195 Å². The van der Waals surface area contributed by atoms with Gasteiger partial charge in [-0.15, -0.1) is 0 Å². The zero-order valence-corrected chi connectivity index (χ0v) is 43.6. The average molecular weight is 931 g/mol. The Balaban J connectivity index is 4.20. The second kappa shape index (κ2) is 48.1. The van der Waals surface area contributed by atoms with Crippen LogP contribution in [0.25, 0.3) is 0 Å². The molecule has 376 valence electrons. The zero-order chi connectivity index (χ0) is 47.6. The third kappa shape index (κ3) is 52.5. The Bertz CT molecular complexity index is 1310. The fourth-order valence-electron chi connectivity index (χ4n) is 6.90. The third-order valence-electron chi connectivity index (χ3n) is 10.9. The molecule has 0 aromatic rings. The minimum Gasteiger partial charge on any atom is -0.457 e. The Labute approximate surface area is 401 Å². The Hall–Kier alpha value is -2.32. The van der Waals surface area contributed by atoms with Crippen LogP contribution in [0.2, 0.25) is 0 Å². The molecule has 0 amide bonds. The standard InChI is InChI=1S/C56H100NO7P/c1-6-8-10-12-14-16-18-20-22-24-26-27-28-29-30-32-34-36-38-40-42-44-46-48-51-61-53-55(54-63-65(59,60)62-52-50-57(3,4)5)64-56(58)49-47-45-43-41-39-37-35-33-31-25-23-21-19-17-15-13-11-9-7-2/h8,10,14,16,20-23,26-27,29-30,34,36,55H,6-7,9,11-13,15,17-19,24-25,28,31-33,35,37-54H2,1-5H3/p+1/b10-8-,16-14-,22-20-,23-21-,27-26-,30-29-,36-34-. The van der Waals surface area contributed by atoms with Crippen LogP contribution in [0.3, 0.4) is 0 Å². The summed E-state index contributed by atoms with van der Waals surface area (Å²) >= 11 is 0. The number of phosphoric acid groups is 1. The van der Waals surface area contributed by atoms with Crippen molar-refractivity contribution in [3.63, 3.8) is 0 Å². The predicted octanol–water partition coefficient (Wildman–Crippen LogP) is 16.4. The van der Waals surface area contributed by atoms with E-state index in [4.69, 9.17) is 18.5 Å². The summed E-state index contributed by atoms with van der Waals surface area (Å²) in [6, 6.07) is 0. The van der Waals surface area contributed by atoms with Gasteiger partial charge in [-0.3, -0.25) is 13.8 Å². The van der Waals surface area contributed by atoms with Gasteiger partial charge in [0.2, 0.25) is 0 Å². The molecule has 1 N–H and O–H groups in total. The van der Waals surface area contributed by atoms with Crippen LogP contribution in [-0.2, 0) is 27.9 Å². The van der Waals surface area contributed by atoms with Gasteiger partial charge in [0.25, 0.3) is 0 Å². The van der Waals surface area contributed by atoms with E-state index >= 15 is 0 Å². The average Bonchev–Trinajstić information content (AvgIpc) is 3.27. The first-order valence-corrected chi connectivity index (χ1v) is 27.8.